The first kappa shape index (κ1) is 14.4. The summed E-state index contributed by atoms with van der Waals surface area (Å²) in [6, 6.07) is 8.03. The molecule has 96 valence electrons. The van der Waals surface area contributed by atoms with E-state index < -0.39 is 5.51 Å². The smallest absolute Gasteiger partial charge is 0.316 e. The number of halogens is 3. The van der Waals surface area contributed by atoms with Crippen LogP contribution in [-0.4, -0.2) is 24.4 Å². The molecule has 0 aliphatic heterocycles. The van der Waals surface area contributed by atoms with Crippen molar-refractivity contribution in [2.45, 2.75) is 18.9 Å². The van der Waals surface area contributed by atoms with E-state index in [4.69, 9.17) is 0 Å². The summed E-state index contributed by atoms with van der Waals surface area (Å²) in [6.45, 7) is 3.13. The molecule has 0 aliphatic rings. The van der Waals surface area contributed by atoms with Gasteiger partial charge in [0.2, 0.25) is 0 Å². The molecule has 0 aromatic heterocycles. The molecular weight excluding hydrogens is 247 g/mol. The van der Waals surface area contributed by atoms with Crippen LogP contribution in [0, 0.1) is 6.92 Å². The van der Waals surface area contributed by atoms with Crippen LogP contribution in [0.1, 0.15) is 11.1 Å². The Morgan fingerprint density at radius 1 is 1.18 bits per heavy atom. The van der Waals surface area contributed by atoms with Gasteiger partial charge in [-0.2, -0.15) is 13.2 Å². The molecule has 0 saturated heterocycles. The van der Waals surface area contributed by atoms with Gasteiger partial charge in [-0.05, 0) is 42.8 Å². The van der Waals surface area contributed by atoms with Gasteiger partial charge in [-0.15, -0.1) is 0 Å². The van der Waals surface area contributed by atoms with Gasteiger partial charge in [0, 0.05) is 12.3 Å². The van der Waals surface area contributed by atoms with E-state index in [2.05, 4.69) is 5.32 Å². The van der Waals surface area contributed by atoms with E-state index in [-0.39, 0.29) is 17.5 Å². The zero-order valence-electron chi connectivity index (χ0n) is 9.68. The van der Waals surface area contributed by atoms with Gasteiger partial charge in [-0.25, -0.2) is 0 Å². The van der Waals surface area contributed by atoms with Crippen molar-refractivity contribution in [3.8, 4) is 0 Å². The number of thioether (sulfide) groups is 1. The van der Waals surface area contributed by atoms with Crippen molar-refractivity contribution in [3.63, 3.8) is 0 Å². The number of alkyl halides is 3. The zero-order valence-corrected chi connectivity index (χ0v) is 10.5. The number of rotatable bonds is 6. The Kier molecular flexibility index (Phi) is 5.85. The predicted octanol–water partition coefficient (Wildman–Crippen LogP) is 3.38. The summed E-state index contributed by atoms with van der Waals surface area (Å²) in [5, 5.41) is 3.01. The second-order valence-corrected chi connectivity index (χ2v) is 4.88. The van der Waals surface area contributed by atoms with Crippen molar-refractivity contribution in [2.75, 3.05) is 18.8 Å². The second kappa shape index (κ2) is 6.91. The molecule has 1 aromatic rings. The molecule has 0 atom stereocenters. The highest BCUT2D eigenvalue weighted by Crippen LogP contribution is 2.29. The number of nitrogens with one attached hydrogen (secondary N) is 1. The molecule has 0 radical (unpaired) electrons. The Morgan fingerprint density at radius 3 is 2.53 bits per heavy atom. The maximum Gasteiger partial charge on any atom is 0.441 e. The van der Waals surface area contributed by atoms with Gasteiger partial charge in [-0.1, -0.05) is 24.3 Å². The maximum atomic E-state index is 11.8. The Labute approximate surface area is 104 Å². The van der Waals surface area contributed by atoms with Crippen LogP contribution in [0.2, 0.25) is 0 Å². The summed E-state index contributed by atoms with van der Waals surface area (Å²) < 4.78 is 35.5. The van der Waals surface area contributed by atoms with E-state index in [1.807, 2.05) is 31.2 Å². The molecule has 0 saturated carbocycles. The highest BCUT2D eigenvalue weighted by Gasteiger charge is 2.27. The summed E-state index contributed by atoms with van der Waals surface area (Å²) in [5.41, 5.74) is -1.65. The molecule has 0 amide bonds. The van der Waals surface area contributed by atoms with Crippen LogP contribution in [-0.2, 0) is 6.42 Å². The van der Waals surface area contributed by atoms with Gasteiger partial charge in [-0.3, -0.25) is 0 Å². The first-order chi connectivity index (χ1) is 7.99. The summed E-state index contributed by atoms with van der Waals surface area (Å²) >= 11 is 0.0205. The molecule has 0 aliphatic carbocycles. The van der Waals surface area contributed by atoms with Crippen LogP contribution < -0.4 is 5.32 Å². The minimum Gasteiger partial charge on any atom is -0.316 e. The molecule has 17 heavy (non-hydrogen) atoms. The Bertz CT molecular complexity index is 339. The lowest BCUT2D eigenvalue weighted by molar-refractivity contribution is -0.0327. The van der Waals surface area contributed by atoms with E-state index in [9.17, 15) is 13.2 Å². The number of aryl methyl sites for hydroxylation is 1. The van der Waals surface area contributed by atoms with Gasteiger partial charge >= 0.3 is 5.51 Å². The predicted molar refractivity (Wildman–Crippen MR) is 66.3 cm³/mol. The normalized spacial score (nSPS) is 11.8. The van der Waals surface area contributed by atoms with Crippen molar-refractivity contribution in [3.05, 3.63) is 35.4 Å². The Hall–Kier alpha value is -0.680. The van der Waals surface area contributed by atoms with Crippen LogP contribution in [0.4, 0.5) is 13.2 Å². The Morgan fingerprint density at radius 2 is 1.88 bits per heavy atom. The van der Waals surface area contributed by atoms with E-state index in [0.29, 0.717) is 13.1 Å². The van der Waals surface area contributed by atoms with Crippen molar-refractivity contribution in [1.82, 2.24) is 5.32 Å². The summed E-state index contributed by atoms with van der Waals surface area (Å²) in [6.07, 6.45) is 0.851. The van der Waals surface area contributed by atoms with Crippen LogP contribution >= 0.6 is 11.8 Å². The van der Waals surface area contributed by atoms with Crippen LogP contribution in [0.5, 0.6) is 0 Å². The minimum atomic E-state index is -4.11. The summed E-state index contributed by atoms with van der Waals surface area (Å²) in [4.78, 5) is 0. The standard InChI is InChI=1S/C12H16F3NS/c1-10-4-2-3-5-11(10)6-7-16-8-9-17-12(13,14)15/h2-5,16H,6-9H2,1H3. The fraction of sp³-hybridized carbons (Fsp3) is 0.500. The van der Waals surface area contributed by atoms with Crippen LogP contribution in [0.15, 0.2) is 24.3 Å². The van der Waals surface area contributed by atoms with E-state index in [0.717, 1.165) is 6.42 Å². The largest absolute Gasteiger partial charge is 0.441 e. The fourth-order valence-corrected chi connectivity index (χ4v) is 1.96. The van der Waals surface area contributed by atoms with Crippen molar-refractivity contribution < 1.29 is 13.2 Å². The third kappa shape index (κ3) is 6.58. The van der Waals surface area contributed by atoms with Crippen molar-refractivity contribution >= 4 is 11.8 Å². The molecule has 1 aromatic carbocycles. The molecule has 1 nitrogen and oxygen atoms in total. The first-order valence-electron chi connectivity index (χ1n) is 5.45. The molecule has 0 heterocycles. The summed E-state index contributed by atoms with van der Waals surface area (Å²) in [7, 11) is 0. The van der Waals surface area contributed by atoms with Gasteiger partial charge in [0.25, 0.3) is 0 Å². The molecule has 0 bridgehead atoms. The molecule has 0 unspecified atom stereocenters. The highest BCUT2D eigenvalue weighted by molar-refractivity contribution is 8.00. The van der Waals surface area contributed by atoms with E-state index in [1.165, 1.54) is 11.1 Å². The monoisotopic (exact) mass is 263 g/mol. The van der Waals surface area contributed by atoms with Crippen molar-refractivity contribution in [2.24, 2.45) is 0 Å². The number of benzene rings is 1. The number of hydrogen-bond donors (Lipinski definition) is 1. The Balaban J connectivity index is 2.11. The second-order valence-electron chi connectivity index (χ2n) is 3.72. The van der Waals surface area contributed by atoms with Gasteiger partial charge in [0.1, 0.15) is 0 Å². The van der Waals surface area contributed by atoms with Crippen molar-refractivity contribution in [1.29, 1.82) is 0 Å². The van der Waals surface area contributed by atoms with E-state index in [1.54, 1.807) is 0 Å². The molecule has 1 rings (SSSR count). The fourth-order valence-electron chi connectivity index (χ4n) is 1.48. The third-order valence-corrected chi connectivity index (χ3v) is 3.11. The average Bonchev–Trinajstić information content (AvgIpc) is 2.24. The molecule has 5 heteroatoms. The molecular formula is C12H16F3NS. The lowest BCUT2D eigenvalue weighted by Gasteiger charge is -2.08. The van der Waals surface area contributed by atoms with Crippen LogP contribution in [0.3, 0.4) is 0 Å². The SMILES string of the molecule is Cc1ccccc1CCNCCSC(F)(F)F. The first-order valence-corrected chi connectivity index (χ1v) is 6.43. The molecule has 0 fully saturated rings. The lowest BCUT2D eigenvalue weighted by atomic mass is 10.1. The van der Waals surface area contributed by atoms with E-state index >= 15 is 0 Å². The summed E-state index contributed by atoms with van der Waals surface area (Å²) in [5.74, 6) is 0.0667. The maximum absolute atomic E-state index is 11.8. The topological polar surface area (TPSA) is 12.0 Å². The average molecular weight is 263 g/mol. The quantitative estimate of drug-likeness (QED) is 0.790. The minimum absolute atomic E-state index is 0.0205. The van der Waals surface area contributed by atoms with Gasteiger partial charge in [0.15, 0.2) is 0 Å². The molecule has 0 spiro atoms. The van der Waals surface area contributed by atoms with Gasteiger partial charge < -0.3 is 5.32 Å². The molecule has 1 N–H and O–H groups in total. The third-order valence-electron chi connectivity index (χ3n) is 2.38. The highest BCUT2D eigenvalue weighted by atomic mass is 32.2. The zero-order chi connectivity index (χ0) is 12.7. The lowest BCUT2D eigenvalue weighted by Crippen LogP contribution is -2.21. The number of hydrogen-bond acceptors (Lipinski definition) is 2. The van der Waals surface area contributed by atoms with Crippen LogP contribution in [0.25, 0.3) is 0 Å². The van der Waals surface area contributed by atoms with Gasteiger partial charge in [0.05, 0.1) is 0 Å².